The van der Waals surface area contributed by atoms with E-state index in [0.29, 0.717) is 27.4 Å². The minimum atomic E-state index is 0.0102. The summed E-state index contributed by atoms with van der Waals surface area (Å²) in [5.74, 6) is 1.01. The van der Waals surface area contributed by atoms with Crippen molar-refractivity contribution >= 4 is 29.1 Å². The largest absolute Gasteiger partial charge is 0.338 e. The van der Waals surface area contributed by atoms with Gasteiger partial charge in [-0.3, -0.25) is 4.79 Å². The minimum Gasteiger partial charge on any atom is -0.338 e. The number of amides is 1. The van der Waals surface area contributed by atoms with Crippen LogP contribution in [0.2, 0.25) is 10.0 Å². The number of nitrogens with two attached hydrogens (primary N) is 1. The first-order chi connectivity index (χ1) is 9.54. The summed E-state index contributed by atoms with van der Waals surface area (Å²) >= 11 is 11.9. The van der Waals surface area contributed by atoms with Crippen LogP contribution < -0.4 is 5.73 Å². The Balaban J connectivity index is 1.78. The highest BCUT2D eigenvalue weighted by Crippen LogP contribution is 2.36. The summed E-state index contributed by atoms with van der Waals surface area (Å²) in [4.78, 5) is 14.5. The Labute approximate surface area is 129 Å². The highest BCUT2D eigenvalue weighted by Gasteiger charge is 2.40. The van der Waals surface area contributed by atoms with Crippen LogP contribution in [0.15, 0.2) is 18.2 Å². The van der Waals surface area contributed by atoms with Crippen molar-refractivity contribution in [2.75, 3.05) is 13.1 Å². The van der Waals surface area contributed by atoms with Crippen LogP contribution in [0, 0.1) is 11.8 Å². The maximum atomic E-state index is 12.6. The zero-order valence-corrected chi connectivity index (χ0v) is 12.7. The molecule has 1 aromatic rings. The maximum Gasteiger partial charge on any atom is 0.253 e. The molecule has 0 radical (unpaired) electrons. The zero-order valence-electron chi connectivity index (χ0n) is 11.2. The fourth-order valence-corrected chi connectivity index (χ4v) is 4.07. The number of hydrogen-bond donors (Lipinski definition) is 1. The minimum absolute atomic E-state index is 0.0102. The molecule has 1 heterocycles. The molecule has 3 nitrogen and oxygen atoms in total. The number of likely N-dealkylation sites (tertiary alicyclic amines) is 1. The monoisotopic (exact) mass is 312 g/mol. The molecule has 1 saturated carbocycles. The first-order valence-electron chi connectivity index (χ1n) is 7.05. The van der Waals surface area contributed by atoms with Gasteiger partial charge in [0.15, 0.2) is 0 Å². The van der Waals surface area contributed by atoms with Crippen LogP contribution in [-0.4, -0.2) is 29.9 Å². The molecule has 0 aromatic heterocycles. The number of benzene rings is 1. The van der Waals surface area contributed by atoms with Gasteiger partial charge in [-0.1, -0.05) is 29.6 Å². The SMILES string of the molecule is NC1CCCC2CN(C(=O)c3cc(Cl)cc(Cl)c3)CC12. The molecule has 1 aliphatic heterocycles. The van der Waals surface area contributed by atoms with Gasteiger partial charge in [0.1, 0.15) is 0 Å². The van der Waals surface area contributed by atoms with Crippen molar-refractivity contribution in [3.05, 3.63) is 33.8 Å². The Morgan fingerprint density at radius 2 is 1.85 bits per heavy atom. The van der Waals surface area contributed by atoms with Gasteiger partial charge in [-0.25, -0.2) is 0 Å². The zero-order chi connectivity index (χ0) is 14.3. The first kappa shape index (κ1) is 14.2. The number of carbonyl (C=O) groups is 1. The second-order valence-electron chi connectivity index (χ2n) is 5.89. The molecule has 3 atom stereocenters. The maximum absolute atomic E-state index is 12.6. The molecular weight excluding hydrogens is 295 g/mol. The summed E-state index contributed by atoms with van der Waals surface area (Å²) in [5, 5.41) is 0.989. The van der Waals surface area contributed by atoms with Crippen molar-refractivity contribution in [3.8, 4) is 0 Å². The molecule has 5 heteroatoms. The van der Waals surface area contributed by atoms with Crippen molar-refractivity contribution in [2.45, 2.75) is 25.3 Å². The lowest BCUT2D eigenvalue weighted by molar-refractivity contribution is 0.0783. The van der Waals surface area contributed by atoms with E-state index in [1.807, 2.05) is 4.90 Å². The molecule has 0 bridgehead atoms. The molecule has 3 rings (SSSR count). The van der Waals surface area contributed by atoms with Crippen molar-refractivity contribution in [2.24, 2.45) is 17.6 Å². The predicted molar refractivity (Wildman–Crippen MR) is 81.2 cm³/mol. The molecular formula is C15H18Cl2N2O. The van der Waals surface area contributed by atoms with Gasteiger partial charge >= 0.3 is 0 Å². The topological polar surface area (TPSA) is 46.3 Å². The number of carbonyl (C=O) groups excluding carboxylic acids is 1. The Morgan fingerprint density at radius 3 is 2.50 bits per heavy atom. The molecule has 1 aromatic carbocycles. The number of nitrogens with zero attached hydrogens (tertiary/aromatic N) is 1. The summed E-state index contributed by atoms with van der Waals surface area (Å²) in [7, 11) is 0. The third kappa shape index (κ3) is 2.67. The Bertz CT molecular complexity index is 514. The first-order valence-corrected chi connectivity index (χ1v) is 7.81. The lowest BCUT2D eigenvalue weighted by atomic mass is 9.78. The average molecular weight is 313 g/mol. The van der Waals surface area contributed by atoms with E-state index < -0.39 is 0 Å². The van der Waals surface area contributed by atoms with E-state index in [1.54, 1.807) is 18.2 Å². The van der Waals surface area contributed by atoms with E-state index >= 15 is 0 Å². The predicted octanol–water partition coefficient (Wildman–Crippen LogP) is 3.19. The third-order valence-electron chi connectivity index (χ3n) is 4.55. The Hall–Kier alpha value is -0.770. The van der Waals surface area contributed by atoms with Crippen LogP contribution in [0.4, 0.5) is 0 Å². The van der Waals surface area contributed by atoms with Crippen LogP contribution in [0.5, 0.6) is 0 Å². The van der Waals surface area contributed by atoms with Crippen LogP contribution in [0.25, 0.3) is 0 Å². The summed E-state index contributed by atoms with van der Waals surface area (Å²) in [6.45, 7) is 1.57. The molecule has 20 heavy (non-hydrogen) atoms. The average Bonchev–Trinajstić information content (AvgIpc) is 2.82. The highest BCUT2D eigenvalue weighted by atomic mass is 35.5. The van der Waals surface area contributed by atoms with Gasteiger partial charge in [0.25, 0.3) is 5.91 Å². The van der Waals surface area contributed by atoms with Crippen molar-refractivity contribution in [3.63, 3.8) is 0 Å². The molecule has 0 spiro atoms. The van der Waals surface area contributed by atoms with E-state index in [1.165, 1.54) is 12.8 Å². The van der Waals surface area contributed by atoms with Crippen molar-refractivity contribution in [1.82, 2.24) is 4.90 Å². The van der Waals surface area contributed by atoms with Crippen LogP contribution in [0.1, 0.15) is 29.6 Å². The van der Waals surface area contributed by atoms with E-state index in [0.717, 1.165) is 19.5 Å². The number of hydrogen-bond acceptors (Lipinski definition) is 2. The van der Waals surface area contributed by atoms with E-state index in [9.17, 15) is 4.79 Å². The van der Waals surface area contributed by atoms with Crippen LogP contribution in [-0.2, 0) is 0 Å². The van der Waals surface area contributed by atoms with Gasteiger partial charge < -0.3 is 10.6 Å². The van der Waals surface area contributed by atoms with Crippen molar-refractivity contribution < 1.29 is 4.79 Å². The van der Waals surface area contributed by atoms with Gasteiger partial charge in [-0.2, -0.15) is 0 Å². The van der Waals surface area contributed by atoms with Gasteiger partial charge in [-0.15, -0.1) is 0 Å². The Kier molecular flexibility index (Phi) is 3.93. The molecule has 1 aliphatic carbocycles. The van der Waals surface area contributed by atoms with Gasteiger partial charge in [0.05, 0.1) is 0 Å². The fraction of sp³-hybridized carbons (Fsp3) is 0.533. The smallest absolute Gasteiger partial charge is 0.253 e. The summed E-state index contributed by atoms with van der Waals surface area (Å²) in [6.07, 6.45) is 3.43. The van der Waals surface area contributed by atoms with Crippen LogP contribution >= 0.6 is 23.2 Å². The third-order valence-corrected chi connectivity index (χ3v) is 4.99. The van der Waals surface area contributed by atoms with Gasteiger partial charge in [0, 0.05) is 34.7 Å². The molecule has 1 saturated heterocycles. The van der Waals surface area contributed by atoms with Crippen molar-refractivity contribution in [1.29, 1.82) is 0 Å². The normalized spacial score (nSPS) is 29.4. The lowest BCUT2D eigenvalue weighted by Crippen LogP contribution is -2.38. The standard InChI is InChI=1S/C15H18Cl2N2O/c16-11-4-10(5-12(17)6-11)15(20)19-7-9-2-1-3-14(18)13(9)8-19/h4-6,9,13-14H,1-3,7-8,18H2. The van der Waals surface area contributed by atoms with Gasteiger partial charge in [-0.05, 0) is 42.9 Å². The Morgan fingerprint density at radius 1 is 1.15 bits per heavy atom. The number of rotatable bonds is 1. The molecule has 3 unspecified atom stereocenters. The second-order valence-corrected chi connectivity index (χ2v) is 6.76. The molecule has 2 fully saturated rings. The molecule has 108 valence electrons. The quantitative estimate of drug-likeness (QED) is 0.865. The highest BCUT2D eigenvalue weighted by molar-refractivity contribution is 6.35. The molecule has 2 aliphatic rings. The second kappa shape index (κ2) is 5.55. The van der Waals surface area contributed by atoms with E-state index in [2.05, 4.69) is 0 Å². The lowest BCUT2D eigenvalue weighted by Gasteiger charge is -2.29. The number of fused-ring (bicyclic) bond motifs is 1. The summed E-state index contributed by atoms with van der Waals surface area (Å²) in [5.41, 5.74) is 6.75. The molecule has 2 N–H and O–H groups in total. The summed E-state index contributed by atoms with van der Waals surface area (Å²) < 4.78 is 0. The van der Waals surface area contributed by atoms with E-state index in [-0.39, 0.29) is 11.9 Å². The van der Waals surface area contributed by atoms with Crippen LogP contribution in [0.3, 0.4) is 0 Å². The number of halogens is 2. The fourth-order valence-electron chi connectivity index (χ4n) is 3.54. The van der Waals surface area contributed by atoms with Gasteiger partial charge in [0.2, 0.25) is 0 Å². The summed E-state index contributed by atoms with van der Waals surface area (Å²) in [6, 6.07) is 5.23. The van der Waals surface area contributed by atoms with E-state index in [4.69, 9.17) is 28.9 Å². The molecule has 1 amide bonds.